The standard InChI is InChI=1S/C49H52N6O6S/c1-35-14-20-44(21-15-35)62(58,59)53-45(29-36-8-3-2-4-9-36)47(57)52-32-38-10-5-11-40(28-38)41-12-6-13-42(30-41)48-60-43(31-46(61-48)39-18-16-37(34-56)17-19-39)33-54-24-26-55(27-25-54)49-50-22-7-23-51-49/h2-23,28,30,43,45-46,48,53,56H,24-27,29,31-34H2,1H3,(H,52,57). The Labute approximate surface area is 363 Å². The minimum atomic E-state index is -3.97. The molecule has 2 fully saturated rings. The lowest BCUT2D eigenvalue weighted by molar-refractivity contribution is -0.253. The fourth-order valence-corrected chi connectivity index (χ4v) is 9.15. The number of piperazine rings is 1. The Morgan fingerprint density at radius 2 is 1.45 bits per heavy atom. The van der Waals surface area contributed by atoms with E-state index < -0.39 is 28.3 Å². The van der Waals surface area contributed by atoms with Crippen LogP contribution in [0.2, 0.25) is 0 Å². The number of carbonyl (C=O) groups excluding carboxylic acids is 1. The van der Waals surface area contributed by atoms with Gasteiger partial charge in [0.1, 0.15) is 6.04 Å². The maximum Gasteiger partial charge on any atom is 0.241 e. The number of aryl methyl sites for hydroxylation is 1. The van der Waals surface area contributed by atoms with Crippen molar-refractivity contribution in [2.45, 2.75) is 62.4 Å². The van der Waals surface area contributed by atoms with Gasteiger partial charge in [-0.15, -0.1) is 0 Å². The molecule has 0 spiro atoms. The highest BCUT2D eigenvalue weighted by molar-refractivity contribution is 7.89. The number of nitrogens with one attached hydrogen (secondary N) is 2. The summed E-state index contributed by atoms with van der Waals surface area (Å²) in [4.78, 5) is 27.4. The minimum absolute atomic E-state index is 0.0224. The number of aromatic nitrogens is 2. The van der Waals surface area contributed by atoms with E-state index >= 15 is 0 Å². The molecule has 12 nitrogen and oxygen atoms in total. The number of aliphatic hydroxyl groups is 1. The van der Waals surface area contributed by atoms with Crippen molar-refractivity contribution >= 4 is 21.9 Å². The van der Waals surface area contributed by atoms with E-state index in [2.05, 4.69) is 35.9 Å². The van der Waals surface area contributed by atoms with Crippen LogP contribution < -0.4 is 14.9 Å². The molecule has 0 bridgehead atoms. The molecule has 3 N–H and O–H groups in total. The van der Waals surface area contributed by atoms with Crippen LogP contribution in [0.3, 0.4) is 0 Å². The van der Waals surface area contributed by atoms with E-state index in [-0.39, 0.29) is 36.7 Å². The zero-order valence-electron chi connectivity index (χ0n) is 34.7. The molecule has 5 aromatic carbocycles. The highest BCUT2D eigenvalue weighted by Crippen LogP contribution is 2.39. The number of nitrogens with zero attached hydrogens (tertiary/aromatic N) is 4. The summed E-state index contributed by atoms with van der Waals surface area (Å²) in [6.07, 6.45) is 3.49. The summed E-state index contributed by atoms with van der Waals surface area (Å²) in [6.45, 7) is 6.20. The van der Waals surface area contributed by atoms with Crippen LogP contribution in [0.4, 0.5) is 5.95 Å². The Morgan fingerprint density at radius 1 is 0.758 bits per heavy atom. The van der Waals surface area contributed by atoms with Crippen molar-refractivity contribution < 1.29 is 27.8 Å². The summed E-state index contributed by atoms with van der Waals surface area (Å²) in [5, 5.41) is 12.7. The first-order valence-electron chi connectivity index (χ1n) is 21.0. The number of hydrogen-bond donors (Lipinski definition) is 3. The van der Waals surface area contributed by atoms with Gasteiger partial charge in [-0.2, -0.15) is 4.72 Å². The van der Waals surface area contributed by atoms with Gasteiger partial charge in [-0.25, -0.2) is 18.4 Å². The molecule has 6 aromatic rings. The first-order valence-corrected chi connectivity index (χ1v) is 22.5. The second-order valence-corrected chi connectivity index (χ2v) is 17.6. The van der Waals surface area contributed by atoms with Crippen molar-refractivity contribution in [2.24, 2.45) is 0 Å². The van der Waals surface area contributed by atoms with E-state index in [1.807, 2.05) is 110 Å². The number of aliphatic hydroxyl groups excluding tert-OH is 1. The van der Waals surface area contributed by atoms with Crippen molar-refractivity contribution in [3.05, 3.63) is 179 Å². The quantitative estimate of drug-likeness (QED) is 0.104. The fraction of sp³-hybridized carbons (Fsp3) is 0.286. The largest absolute Gasteiger partial charge is 0.392 e. The highest BCUT2D eigenvalue weighted by Gasteiger charge is 2.34. The van der Waals surface area contributed by atoms with E-state index in [4.69, 9.17) is 9.47 Å². The highest BCUT2D eigenvalue weighted by atomic mass is 32.2. The number of carbonyl (C=O) groups is 1. The summed E-state index contributed by atoms with van der Waals surface area (Å²) in [5.74, 6) is 0.328. The van der Waals surface area contributed by atoms with Crippen LogP contribution in [0.5, 0.6) is 0 Å². The zero-order valence-corrected chi connectivity index (χ0v) is 35.5. The Morgan fingerprint density at radius 3 is 2.18 bits per heavy atom. The summed E-state index contributed by atoms with van der Waals surface area (Å²) < 4.78 is 43.0. The number of amides is 1. The lowest BCUT2D eigenvalue weighted by Crippen LogP contribution is -2.50. The van der Waals surface area contributed by atoms with Crippen molar-refractivity contribution in [3.63, 3.8) is 0 Å². The molecule has 4 unspecified atom stereocenters. The van der Waals surface area contributed by atoms with Crippen LogP contribution in [-0.2, 0) is 43.9 Å². The molecule has 0 aliphatic carbocycles. The SMILES string of the molecule is Cc1ccc(S(=O)(=O)NC(Cc2ccccc2)C(=O)NCc2cccc(-c3cccc(C4OC(CN5CCN(c6ncccn6)CC5)CC(c5ccc(CO)cc5)O4)c3)c2)cc1. The number of rotatable bonds is 15. The molecule has 2 aliphatic heterocycles. The van der Waals surface area contributed by atoms with Gasteiger partial charge in [-0.1, -0.05) is 109 Å². The normalized spacial score (nSPS) is 18.9. The Balaban J connectivity index is 0.961. The topological polar surface area (TPSA) is 146 Å². The lowest BCUT2D eigenvalue weighted by Gasteiger charge is -2.40. The van der Waals surface area contributed by atoms with Crippen molar-refractivity contribution in [1.82, 2.24) is 24.9 Å². The van der Waals surface area contributed by atoms with Crippen LogP contribution in [-0.4, -0.2) is 79.2 Å². The van der Waals surface area contributed by atoms with E-state index in [0.717, 1.165) is 83.2 Å². The van der Waals surface area contributed by atoms with Crippen LogP contribution in [0.1, 0.15) is 52.2 Å². The number of sulfonamides is 1. The summed E-state index contributed by atoms with van der Waals surface area (Å²) in [5.41, 5.74) is 7.30. The molecule has 1 aromatic heterocycles. The maximum atomic E-state index is 13.8. The first kappa shape index (κ1) is 42.9. The first-order chi connectivity index (χ1) is 30.2. The Bertz CT molecular complexity index is 2500. The number of hydrogen-bond acceptors (Lipinski definition) is 10. The van der Waals surface area contributed by atoms with Gasteiger partial charge in [0.15, 0.2) is 6.29 Å². The van der Waals surface area contributed by atoms with Crippen molar-refractivity contribution in [1.29, 1.82) is 0 Å². The Kier molecular flexibility index (Phi) is 13.8. The van der Waals surface area contributed by atoms with Crippen LogP contribution in [0.15, 0.2) is 151 Å². The molecule has 0 saturated carbocycles. The van der Waals surface area contributed by atoms with Crippen molar-refractivity contribution in [3.8, 4) is 11.1 Å². The van der Waals surface area contributed by atoms with Gasteiger partial charge < -0.3 is 24.8 Å². The van der Waals surface area contributed by atoms with E-state index in [9.17, 15) is 18.3 Å². The smallest absolute Gasteiger partial charge is 0.241 e. The molecule has 13 heteroatoms. The van der Waals surface area contributed by atoms with E-state index in [1.54, 1.807) is 36.7 Å². The van der Waals surface area contributed by atoms with Gasteiger partial charge in [0.05, 0.1) is 23.7 Å². The van der Waals surface area contributed by atoms with Crippen molar-refractivity contribution in [2.75, 3.05) is 37.6 Å². The third kappa shape index (κ3) is 11.0. The van der Waals surface area contributed by atoms with E-state index in [0.29, 0.717) is 6.42 Å². The molecule has 8 rings (SSSR count). The molecule has 1 amide bonds. The molecule has 2 saturated heterocycles. The predicted molar refractivity (Wildman–Crippen MR) is 238 cm³/mol. The van der Waals surface area contributed by atoms with E-state index in [1.165, 1.54) is 0 Å². The average Bonchev–Trinajstić information content (AvgIpc) is 3.31. The van der Waals surface area contributed by atoms with Gasteiger partial charge in [0, 0.05) is 63.6 Å². The summed E-state index contributed by atoms with van der Waals surface area (Å²) >= 11 is 0. The predicted octanol–water partition coefficient (Wildman–Crippen LogP) is 6.52. The number of anilines is 1. The second kappa shape index (κ2) is 19.9. The van der Waals surface area contributed by atoms with Gasteiger partial charge in [-0.05, 0) is 77.1 Å². The molecule has 0 radical (unpaired) electrons. The summed E-state index contributed by atoms with van der Waals surface area (Å²) in [6, 6.07) is 40.7. The monoisotopic (exact) mass is 852 g/mol. The summed E-state index contributed by atoms with van der Waals surface area (Å²) in [7, 11) is -3.97. The second-order valence-electron chi connectivity index (χ2n) is 15.9. The molecule has 320 valence electrons. The molecular weight excluding hydrogens is 801 g/mol. The fourth-order valence-electron chi connectivity index (χ4n) is 7.95. The van der Waals surface area contributed by atoms with Gasteiger partial charge in [0.2, 0.25) is 21.9 Å². The molecular formula is C49H52N6O6S. The zero-order chi connectivity index (χ0) is 42.9. The number of ether oxygens (including phenoxy) is 2. The van der Waals surface area contributed by atoms with Crippen LogP contribution in [0, 0.1) is 6.92 Å². The molecule has 4 atom stereocenters. The molecule has 3 heterocycles. The van der Waals surface area contributed by atoms with Gasteiger partial charge in [0.25, 0.3) is 0 Å². The number of benzene rings is 5. The third-order valence-corrected chi connectivity index (χ3v) is 12.9. The minimum Gasteiger partial charge on any atom is -0.392 e. The molecule has 2 aliphatic rings. The third-order valence-electron chi connectivity index (χ3n) is 11.4. The Hall–Kier alpha value is -5.80. The average molecular weight is 853 g/mol. The van der Waals surface area contributed by atoms with Crippen LogP contribution in [0.25, 0.3) is 11.1 Å². The van der Waals surface area contributed by atoms with Crippen LogP contribution >= 0.6 is 0 Å². The lowest BCUT2D eigenvalue weighted by atomic mass is 9.98. The van der Waals surface area contributed by atoms with Gasteiger partial charge >= 0.3 is 0 Å². The van der Waals surface area contributed by atoms with Gasteiger partial charge in [-0.3, -0.25) is 9.69 Å². The maximum absolute atomic E-state index is 13.8. The molecule has 62 heavy (non-hydrogen) atoms.